The number of aromatic nitrogens is 6. The maximum atomic E-state index is 13.4. The molecule has 1 saturated carbocycles. The molecule has 7 nitrogen and oxygen atoms in total. The lowest BCUT2D eigenvalue weighted by atomic mass is 9.91. The van der Waals surface area contributed by atoms with Crippen LogP contribution in [0.25, 0.3) is 22.0 Å². The van der Waals surface area contributed by atoms with Crippen LogP contribution in [-0.4, -0.2) is 35.3 Å². The van der Waals surface area contributed by atoms with Crippen molar-refractivity contribution in [3.05, 3.63) is 58.6 Å². The van der Waals surface area contributed by atoms with E-state index in [1.165, 1.54) is 17.7 Å². The minimum Gasteiger partial charge on any atom is -0.292 e. The predicted octanol–water partition coefficient (Wildman–Crippen LogP) is 4.82. The van der Waals surface area contributed by atoms with Crippen LogP contribution in [0.3, 0.4) is 0 Å². The van der Waals surface area contributed by atoms with Gasteiger partial charge in [-0.15, -0.1) is 11.3 Å². The van der Waals surface area contributed by atoms with Gasteiger partial charge >= 0.3 is 0 Å². The van der Waals surface area contributed by atoms with Crippen molar-refractivity contribution >= 4 is 17.1 Å². The van der Waals surface area contributed by atoms with Crippen LogP contribution in [0.5, 0.6) is 0 Å². The molecule has 1 unspecified atom stereocenters. The maximum Gasteiger partial charge on any atom is 0.181 e. The molecule has 168 valence electrons. The van der Waals surface area contributed by atoms with Crippen LogP contribution in [-0.2, 0) is 20.0 Å². The molecule has 0 radical (unpaired) electrons. The molecule has 33 heavy (non-hydrogen) atoms. The Hall–Kier alpha value is -3.13. The largest absolute Gasteiger partial charge is 0.292 e. The Labute approximate surface area is 196 Å². The molecule has 0 amide bonds. The van der Waals surface area contributed by atoms with Gasteiger partial charge in [-0.1, -0.05) is 30.3 Å². The molecule has 1 aliphatic heterocycles. The third-order valence-corrected chi connectivity index (χ3v) is 8.04. The van der Waals surface area contributed by atoms with Crippen molar-refractivity contribution in [1.29, 1.82) is 0 Å². The number of carbonyl (C=O) groups excluding carboxylic acids is 1. The van der Waals surface area contributed by atoms with Crippen LogP contribution in [0.2, 0.25) is 0 Å². The summed E-state index contributed by atoms with van der Waals surface area (Å²) in [6.45, 7) is 2.87. The monoisotopic (exact) mass is 458 g/mol. The van der Waals surface area contributed by atoms with E-state index in [1.54, 1.807) is 22.2 Å². The number of hydrogen-bond acceptors (Lipinski definition) is 6. The number of carbonyl (C=O) groups is 1. The van der Waals surface area contributed by atoms with E-state index in [0.29, 0.717) is 18.0 Å². The van der Waals surface area contributed by atoms with E-state index >= 15 is 0 Å². The van der Waals surface area contributed by atoms with E-state index in [1.807, 2.05) is 42.1 Å². The van der Waals surface area contributed by atoms with E-state index in [4.69, 9.17) is 9.97 Å². The van der Waals surface area contributed by atoms with Crippen molar-refractivity contribution in [2.75, 3.05) is 0 Å². The third kappa shape index (κ3) is 3.82. The highest BCUT2D eigenvalue weighted by Crippen LogP contribution is 2.46. The zero-order valence-corrected chi connectivity index (χ0v) is 19.7. The van der Waals surface area contributed by atoms with Crippen LogP contribution >= 0.6 is 11.3 Å². The molecule has 1 aliphatic carbocycles. The molecule has 2 aliphatic rings. The van der Waals surface area contributed by atoms with Crippen LogP contribution in [0, 0.1) is 12.8 Å². The summed E-state index contributed by atoms with van der Waals surface area (Å²) in [7, 11) is 1.85. The third-order valence-electron chi connectivity index (χ3n) is 6.69. The average molecular weight is 459 g/mol. The van der Waals surface area contributed by atoms with E-state index in [0.717, 1.165) is 52.9 Å². The van der Waals surface area contributed by atoms with Crippen molar-refractivity contribution in [3.63, 3.8) is 0 Å². The number of rotatable bonds is 6. The van der Waals surface area contributed by atoms with Crippen molar-refractivity contribution in [2.24, 2.45) is 13.0 Å². The van der Waals surface area contributed by atoms with Crippen LogP contribution < -0.4 is 0 Å². The summed E-state index contributed by atoms with van der Waals surface area (Å²) < 4.78 is 3.71. The maximum absolute atomic E-state index is 13.4. The Bertz CT molecular complexity index is 1330. The molecule has 1 fully saturated rings. The molecule has 3 aromatic heterocycles. The predicted molar refractivity (Wildman–Crippen MR) is 127 cm³/mol. The number of nitrogens with zero attached hydrogens (tertiary/aromatic N) is 6. The smallest absolute Gasteiger partial charge is 0.181 e. The van der Waals surface area contributed by atoms with Gasteiger partial charge in [0, 0.05) is 36.9 Å². The molecule has 6 rings (SSSR count). The van der Waals surface area contributed by atoms with Crippen molar-refractivity contribution in [1.82, 2.24) is 29.5 Å². The van der Waals surface area contributed by atoms with E-state index in [9.17, 15) is 4.79 Å². The van der Waals surface area contributed by atoms with E-state index < -0.39 is 0 Å². The lowest BCUT2D eigenvalue weighted by Crippen LogP contribution is -2.23. The summed E-state index contributed by atoms with van der Waals surface area (Å²) in [4.78, 5) is 24.4. The molecular formula is C25H26N6OS. The first-order valence-corrected chi connectivity index (χ1v) is 12.4. The molecular weight excluding hydrogens is 432 g/mol. The summed E-state index contributed by atoms with van der Waals surface area (Å²) in [5.41, 5.74) is 3.66. The van der Waals surface area contributed by atoms with Gasteiger partial charge in [-0.05, 0) is 38.0 Å². The van der Waals surface area contributed by atoms with Gasteiger partial charge in [0.15, 0.2) is 11.6 Å². The van der Waals surface area contributed by atoms with Gasteiger partial charge in [-0.25, -0.2) is 14.6 Å². The summed E-state index contributed by atoms with van der Waals surface area (Å²) in [5.74, 6) is 2.77. The molecule has 1 aromatic carbocycles. The second-order valence-corrected chi connectivity index (χ2v) is 10.2. The number of thiazole rings is 1. The highest BCUT2D eigenvalue weighted by atomic mass is 32.1. The zero-order valence-electron chi connectivity index (χ0n) is 18.9. The zero-order chi connectivity index (χ0) is 22.5. The minimum absolute atomic E-state index is 0.132. The molecule has 8 heteroatoms. The number of benzene rings is 1. The van der Waals surface area contributed by atoms with Crippen LogP contribution in [0.15, 0.2) is 36.5 Å². The molecule has 0 saturated heterocycles. The fourth-order valence-corrected chi connectivity index (χ4v) is 6.03. The molecule has 4 heterocycles. The van der Waals surface area contributed by atoms with Gasteiger partial charge < -0.3 is 0 Å². The van der Waals surface area contributed by atoms with Gasteiger partial charge in [-0.3, -0.25) is 9.48 Å². The Morgan fingerprint density at radius 1 is 1.15 bits per heavy atom. The van der Waals surface area contributed by atoms with Crippen molar-refractivity contribution in [2.45, 2.75) is 51.5 Å². The quantitative estimate of drug-likeness (QED) is 0.387. The topological polar surface area (TPSA) is 78.5 Å². The molecule has 0 bridgehead atoms. The summed E-state index contributed by atoms with van der Waals surface area (Å²) in [5, 5.41) is 10.0. The summed E-state index contributed by atoms with van der Waals surface area (Å²) >= 11 is 1.73. The van der Waals surface area contributed by atoms with Crippen LogP contribution in [0.4, 0.5) is 0 Å². The highest BCUT2D eigenvalue weighted by Gasteiger charge is 2.31. The summed E-state index contributed by atoms with van der Waals surface area (Å²) in [6, 6.07) is 10.1. The second-order valence-electron chi connectivity index (χ2n) is 9.20. The number of fused-ring (bicyclic) bond motifs is 1. The van der Waals surface area contributed by atoms with E-state index in [2.05, 4.69) is 17.1 Å². The number of Topliss-reactive ketones (excluding diaryl/α,β-unsaturated/α-hetero) is 1. The average Bonchev–Trinajstić information content (AvgIpc) is 3.26. The van der Waals surface area contributed by atoms with E-state index in [-0.39, 0.29) is 11.7 Å². The van der Waals surface area contributed by atoms with Gasteiger partial charge in [0.05, 0.1) is 17.5 Å². The molecule has 1 atom stereocenters. The first-order chi connectivity index (χ1) is 16.1. The fraction of sp³-hybridized carbons (Fsp3) is 0.400. The van der Waals surface area contributed by atoms with Gasteiger partial charge in [0.1, 0.15) is 16.5 Å². The second kappa shape index (κ2) is 8.02. The first kappa shape index (κ1) is 20.5. The van der Waals surface area contributed by atoms with Crippen LogP contribution in [0.1, 0.15) is 58.5 Å². The molecule has 0 N–H and O–H groups in total. The van der Waals surface area contributed by atoms with Crippen molar-refractivity contribution < 1.29 is 4.79 Å². The Kier molecular flexibility index (Phi) is 4.98. The standard InChI is InChI=1S/C25H26N6OS/c1-15-23(17-8-9-17)33-25(27-15)19-14-26-30(2)22(19)20(32)12-16-10-11-31-21(13-16)28-24(29-31)18-6-4-3-5-7-18/h3-7,14,16-17H,8-13H2,1-2H3. The van der Waals surface area contributed by atoms with Gasteiger partial charge in [0.2, 0.25) is 0 Å². The normalized spacial score (nSPS) is 17.8. The number of aryl methyl sites for hydroxylation is 3. The number of hydrogen-bond donors (Lipinski definition) is 0. The lowest BCUT2D eigenvalue weighted by molar-refractivity contribution is 0.0944. The Morgan fingerprint density at radius 3 is 2.76 bits per heavy atom. The first-order valence-electron chi connectivity index (χ1n) is 11.6. The van der Waals surface area contributed by atoms with Gasteiger partial charge in [-0.2, -0.15) is 10.2 Å². The lowest BCUT2D eigenvalue weighted by Gasteiger charge is -2.21. The van der Waals surface area contributed by atoms with Gasteiger partial charge in [0.25, 0.3) is 0 Å². The fourth-order valence-electron chi connectivity index (χ4n) is 4.78. The Balaban J connectivity index is 1.21. The molecule has 4 aromatic rings. The molecule has 0 spiro atoms. The minimum atomic E-state index is 0.132. The highest BCUT2D eigenvalue weighted by molar-refractivity contribution is 7.15. The summed E-state index contributed by atoms with van der Waals surface area (Å²) in [6.07, 6.45) is 6.47. The SMILES string of the molecule is Cc1nc(-c2cnn(C)c2C(=O)CC2CCn3nc(-c4ccccc4)nc3C2)sc1C1CC1. The Morgan fingerprint density at radius 2 is 1.97 bits per heavy atom. The van der Waals surface area contributed by atoms with Crippen molar-refractivity contribution in [3.8, 4) is 22.0 Å². The number of ketones is 1.